The molecular weight excluding hydrogens is 516 g/mol. The van der Waals surface area contributed by atoms with Crippen molar-refractivity contribution >= 4 is 68.6 Å². The standard InChI is InChI=1S/C37H27BFN3/c1-25-10-5-7-15-34(25)41(28-20-18-26(39)19-21-28)29-22-23-30-33(24-29)40-32-14-9-17-36-37(32)38(30)31-13-6-8-16-35(31)42(36)27-11-3-2-4-12-27/h2-24,40H,1H3. The van der Waals surface area contributed by atoms with Crippen molar-refractivity contribution in [2.75, 3.05) is 15.1 Å². The molecule has 8 rings (SSSR count). The fourth-order valence-electron chi connectivity index (χ4n) is 6.58. The van der Waals surface area contributed by atoms with Crippen molar-refractivity contribution in [3.63, 3.8) is 0 Å². The molecule has 0 unspecified atom stereocenters. The summed E-state index contributed by atoms with van der Waals surface area (Å²) in [6.07, 6.45) is 0. The Hall–Kier alpha value is -5.29. The van der Waals surface area contributed by atoms with Crippen LogP contribution in [0.5, 0.6) is 0 Å². The molecule has 0 amide bonds. The van der Waals surface area contributed by atoms with E-state index < -0.39 is 0 Å². The first-order valence-corrected chi connectivity index (χ1v) is 14.3. The monoisotopic (exact) mass is 543 g/mol. The van der Waals surface area contributed by atoms with Crippen LogP contribution in [0.15, 0.2) is 140 Å². The van der Waals surface area contributed by atoms with Gasteiger partial charge in [-0.1, -0.05) is 66.7 Å². The van der Waals surface area contributed by atoms with Crippen molar-refractivity contribution in [2.45, 2.75) is 6.92 Å². The van der Waals surface area contributed by atoms with Crippen molar-refractivity contribution in [1.82, 2.24) is 0 Å². The van der Waals surface area contributed by atoms with Crippen molar-refractivity contribution in [2.24, 2.45) is 0 Å². The van der Waals surface area contributed by atoms with Gasteiger partial charge in [0.05, 0.1) is 0 Å². The van der Waals surface area contributed by atoms with E-state index in [1.807, 2.05) is 24.3 Å². The molecule has 6 aromatic rings. The van der Waals surface area contributed by atoms with Crippen molar-refractivity contribution in [3.8, 4) is 0 Å². The number of nitrogens with zero attached hydrogens (tertiary/aromatic N) is 2. The van der Waals surface area contributed by atoms with E-state index in [0.29, 0.717) is 0 Å². The minimum absolute atomic E-state index is 0.0930. The summed E-state index contributed by atoms with van der Waals surface area (Å²) in [6.45, 7) is 2.20. The predicted molar refractivity (Wildman–Crippen MR) is 175 cm³/mol. The lowest BCUT2D eigenvalue weighted by molar-refractivity contribution is 0.628. The van der Waals surface area contributed by atoms with Crippen molar-refractivity contribution in [1.29, 1.82) is 0 Å². The Morgan fingerprint density at radius 2 is 1.33 bits per heavy atom. The number of rotatable bonds is 4. The molecule has 5 heteroatoms. The third kappa shape index (κ3) is 3.81. The molecular formula is C37H27BFN3. The molecule has 42 heavy (non-hydrogen) atoms. The zero-order valence-electron chi connectivity index (χ0n) is 23.1. The van der Waals surface area contributed by atoms with Crippen LogP contribution in [-0.4, -0.2) is 6.71 Å². The number of fused-ring (bicyclic) bond motifs is 4. The summed E-state index contributed by atoms with van der Waals surface area (Å²) < 4.78 is 13.9. The highest BCUT2D eigenvalue weighted by atomic mass is 19.1. The van der Waals surface area contributed by atoms with Gasteiger partial charge < -0.3 is 15.1 Å². The molecule has 200 valence electrons. The van der Waals surface area contributed by atoms with Gasteiger partial charge in [-0.3, -0.25) is 0 Å². The number of halogens is 1. The molecule has 1 N–H and O–H groups in total. The summed E-state index contributed by atoms with van der Waals surface area (Å²) in [6, 6.07) is 47.6. The topological polar surface area (TPSA) is 18.5 Å². The summed E-state index contributed by atoms with van der Waals surface area (Å²) >= 11 is 0. The Morgan fingerprint density at radius 3 is 2.17 bits per heavy atom. The Balaban J connectivity index is 1.31. The highest BCUT2D eigenvalue weighted by Gasteiger charge is 2.40. The van der Waals surface area contributed by atoms with Crippen LogP contribution in [0.4, 0.5) is 49.9 Å². The fraction of sp³-hybridized carbons (Fsp3) is 0.0270. The molecule has 0 aliphatic carbocycles. The second-order valence-corrected chi connectivity index (χ2v) is 10.9. The predicted octanol–water partition coefficient (Wildman–Crippen LogP) is 7.96. The average molecular weight is 543 g/mol. The smallest absolute Gasteiger partial charge is 0.252 e. The van der Waals surface area contributed by atoms with E-state index in [1.54, 1.807) is 0 Å². The van der Waals surface area contributed by atoms with Crippen LogP contribution in [0.2, 0.25) is 0 Å². The van der Waals surface area contributed by atoms with E-state index >= 15 is 0 Å². The van der Waals surface area contributed by atoms with E-state index in [0.717, 1.165) is 39.7 Å². The quantitative estimate of drug-likeness (QED) is 0.227. The summed E-state index contributed by atoms with van der Waals surface area (Å²) in [5, 5.41) is 3.79. The lowest BCUT2D eigenvalue weighted by Crippen LogP contribution is -2.60. The molecule has 0 fully saturated rings. The number of anilines is 8. The molecule has 2 heterocycles. The average Bonchev–Trinajstić information content (AvgIpc) is 3.03. The van der Waals surface area contributed by atoms with Crippen LogP contribution in [-0.2, 0) is 0 Å². The number of nitrogens with one attached hydrogen (secondary N) is 1. The van der Waals surface area contributed by atoms with Crippen LogP contribution in [0.3, 0.4) is 0 Å². The van der Waals surface area contributed by atoms with Crippen LogP contribution in [0.1, 0.15) is 5.56 Å². The second-order valence-electron chi connectivity index (χ2n) is 10.9. The summed E-state index contributed by atoms with van der Waals surface area (Å²) in [7, 11) is 0. The van der Waals surface area contributed by atoms with Gasteiger partial charge in [0, 0.05) is 45.5 Å². The Labute approximate surface area is 245 Å². The van der Waals surface area contributed by atoms with E-state index in [9.17, 15) is 4.39 Å². The van der Waals surface area contributed by atoms with E-state index in [2.05, 4.69) is 125 Å². The maximum atomic E-state index is 13.9. The van der Waals surface area contributed by atoms with Gasteiger partial charge in [-0.05, 0) is 102 Å². The number of hydrogen-bond acceptors (Lipinski definition) is 3. The molecule has 0 atom stereocenters. The van der Waals surface area contributed by atoms with Crippen LogP contribution < -0.4 is 31.5 Å². The van der Waals surface area contributed by atoms with Gasteiger partial charge in [0.15, 0.2) is 0 Å². The van der Waals surface area contributed by atoms with E-state index in [-0.39, 0.29) is 12.5 Å². The summed E-state index contributed by atoms with van der Waals surface area (Å²) in [5.74, 6) is -0.247. The van der Waals surface area contributed by atoms with Gasteiger partial charge in [-0.15, -0.1) is 0 Å². The largest absolute Gasteiger partial charge is 0.356 e. The number of para-hydroxylation sites is 3. The number of benzene rings is 6. The molecule has 6 aromatic carbocycles. The zero-order valence-corrected chi connectivity index (χ0v) is 23.1. The van der Waals surface area contributed by atoms with E-state index in [1.165, 1.54) is 39.9 Å². The van der Waals surface area contributed by atoms with Gasteiger partial charge in [0.1, 0.15) is 5.82 Å². The van der Waals surface area contributed by atoms with Gasteiger partial charge in [-0.2, -0.15) is 0 Å². The number of aryl methyl sites for hydroxylation is 1. The minimum atomic E-state index is -0.247. The van der Waals surface area contributed by atoms with Crippen molar-refractivity contribution < 1.29 is 4.39 Å². The number of hydrogen-bond donors (Lipinski definition) is 1. The Morgan fingerprint density at radius 1 is 0.619 bits per heavy atom. The first-order chi connectivity index (χ1) is 20.7. The SMILES string of the molecule is Cc1ccccc1N(c1ccc(F)cc1)c1ccc2c(c1)Nc1cccc3c1B2c1ccccc1N3c1ccccc1. The minimum Gasteiger partial charge on any atom is -0.356 e. The fourth-order valence-corrected chi connectivity index (χ4v) is 6.58. The lowest BCUT2D eigenvalue weighted by atomic mass is 9.33. The molecule has 0 saturated carbocycles. The Bertz CT molecular complexity index is 1960. The third-order valence-electron chi connectivity index (χ3n) is 8.43. The molecule has 0 radical (unpaired) electrons. The first kappa shape index (κ1) is 24.5. The van der Waals surface area contributed by atoms with Gasteiger partial charge in [0.2, 0.25) is 0 Å². The maximum absolute atomic E-state index is 13.9. The van der Waals surface area contributed by atoms with Crippen LogP contribution in [0, 0.1) is 12.7 Å². The van der Waals surface area contributed by atoms with Crippen LogP contribution >= 0.6 is 0 Å². The third-order valence-corrected chi connectivity index (χ3v) is 8.43. The van der Waals surface area contributed by atoms with E-state index in [4.69, 9.17) is 0 Å². The zero-order chi connectivity index (χ0) is 28.2. The van der Waals surface area contributed by atoms with Crippen molar-refractivity contribution in [3.05, 3.63) is 151 Å². The molecule has 2 aliphatic rings. The second kappa shape index (κ2) is 9.67. The molecule has 0 spiro atoms. The van der Waals surface area contributed by atoms with Gasteiger partial charge >= 0.3 is 0 Å². The molecule has 3 nitrogen and oxygen atoms in total. The highest BCUT2D eigenvalue weighted by Crippen LogP contribution is 2.41. The molecule has 2 aliphatic heterocycles. The Kier molecular flexibility index (Phi) is 5.64. The highest BCUT2D eigenvalue weighted by molar-refractivity contribution is 7.00. The lowest BCUT2D eigenvalue weighted by Gasteiger charge is -2.40. The van der Waals surface area contributed by atoms with Gasteiger partial charge in [-0.25, -0.2) is 4.39 Å². The molecule has 0 bridgehead atoms. The maximum Gasteiger partial charge on any atom is 0.252 e. The molecule has 0 saturated heterocycles. The van der Waals surface area contributed by atoms with Gasteiger partial charge in [0.25, 0.3) is 6.71 Å². The normalized spacial score (nSPS) is 12.6. The summed E-state index contributed by atoms with van der Waals surface area (Å²) in [5.41, 5.74) is 13.7. The first-order valence-electron chi connectivity index (χ1n) is 14.3. The summed E-state index contributed by atoms with van der Waals surface area (Å²) in [4.78, 5) is 4.58. The molecule has 0 aromatic heterocycles. The van der Waals surface area contributed by atoms with Crippen LogP contribution in [0.25, 0.3) is 0 Å².